The number of methoxy groups -OCH3 is 1. The van der Waals surface area contributed by atoms with Crippen LogP contribution < -0.4 is 15.6 Å². The van der Waals surface area contributed by atoms with Crippen LogP contribution in [-0.4, -0.2) is 48.1 Å². The van der Waals surface area contributed by atoms with Crippen molar-refractivity contribution >= 4 is 27.5 Å². The zero-order valence-corrected chi connectivity index (χ0v) is 18.5. The van der Waals surface area contributed by atoms with Crippen molar-refractivity contribution in [1.82, 2.24) is 19.8 Å². The van der Waals surface area contributed by atoms with Crippen molar-refractivity contribution in [1.29, 1.82) is 0 Å². The zero-order valence-electron chi connectivity index (χ0n) is 17.7. The van der Waals surface area contributed by atoms with Crippen LogP contribution in [0, 0.1) is 6.92 Å². The second-order valence-corrected chi connectivity index (χ2v) is 8.79. The van der Waals surface area contributed by atoms with Crippen LogP contribution in [0.2, 0.25) is 0 Å². The highest BCUT2D eigenvalue weighted by atomic mass is 32.1. The summed E-state index contributed by atoms with van der Waals surface area (Å²) in [5.74, 6) is 1.46. The van der Waals surface area contributed by atoms with E-state index in [2.05, 4.69) is 15.2 Å². The van der Waals surface area contributed by atoms with E-state index in [1.807, 2.05) is 45.3 Å². The van der Waals surface area contributed by atoms with Crippen LogP contribution in [-0.2, 0) is 13.0 Å². The largest absolute Gasteiger partial charge is 0.497 e. The minimum Gasteiger partial charge on any atom is -0.497 e. The molecule has 1 unspecified atom stereocenters. The monoisotopic (exact) mass is 426 g/mol. The highest BCUT2D eigenvalue weighted by Gasteiger charge is 2.24. The molecule has 158 valence electrons. The third kappa shape index (κ3) is 3.61. The SMILES string of the molecule is COc1ccc(C(CNC(=O)c2sc3nc4n(c(=O)c3c2C)CCC4)N(C)C)cc1. The van der Waals surface area contributed by atoms with Gasteiger partial charge >= 0.3 is 0 Å². The molecule has 1 N–H and O–H groups in total. The Kier molecular flexibility index (Phi) is 5.62. The molecule has 0 spiro atoms. The first-order valence-electron chi connectivity index (χ1n) is 10.0. The number of benzene rings is 1. The van der Waals surface area contributed by atoms with E-state index in [0.29, 0.717) is 28.2 Å². The molecule has 4 rings (SSSR count). The number of likely N-dealkylation sites (N-methyl/N-ethyl adjacent to an activating group) is 1. The van der Waals surface area contributed by atoms with Gasteiger partial charge in [-0.1, -0.05) is 12.1 Å². The molecule has 1 aliphatic heterocycles. The second kappa shape index (κ2) is 8.20. The molecule has 0 fully saturated rings. The Bertz CT molecular complexity index is 1150. The number of aryl methyl sites for hydroxylation is 2. The molecule has 0 saturated heterocycles. The van der Waals surface area contributed by atoms with Crippen molar-refractivity contribution in [3.63, 3.8) is 0 Å². The lowest BCUT2D eigenvalue weighted by Gasteiger charge is -2.25. The van der Waals surface area contributed by atoms with Gasteiger partial charge in [-0.25, -0.2) is 4.98 Å². The van der Waals surface area contributed by atoms with E-state index in [4.69, 9.17) is 4.74 Å². The Balaban J connectivity index is 1.57. The van der Waals surface area contributed by atoms with Crippen molar-refractivity contribution in [2.45, 2.75) is 32.4 Å². The summed E-state index contributed by atoms with van der Waals surface area (Å²) in [7, 11) is 5.61. The number of amides is 1. The van der Waals surface area contributed by atoms with Crippen LogP contribution in [0.3, 0.4) is 0 Å². The maximum atomic E-state index is 13.0. The minimum absolute atomic E-state index is 0.0158. The molecule has 1 aliphatic rings. The van der Waals surface area contributed by atoms with E-state index in [1.165, 1.54) is 11.3 Å². The van der Waals surface area contributed by atoms with Gasteiger partial charge in [-0.3, -0.25) is 14.2 Å². The summed E-state index contributed by atoms with van der Waals surface area (Å²) in [6, 6.07) is 7.87. The minimum atomic E-state index is -0.166. The number of thiophene rings is 1. The second-order valence-electron chi connectivity index (χ2n) is 7.79. The number of rotatable bonds is 6. The molecule has 1 amide bonds. The first kappa shape index (κ1) is 20.6. The fourth-order valence-corrected chi connectivity index (χ4v) is 5.09. The van der Waals surface area contributed by atoms with Gasteiger partial charge in [0.05, 0.1) is 23.4 Å². The predicted octanol–water partition coefficient (Wildman–Crippen LogP) is 2.75. The third-order valence-corrected chi connectivity index (χ3v) is 6.88. The summed E-state index contributed by atoms with van der Waals surface area (Å²) in [5, 5.41) is 3.63. The molecule has 0 bridgehead atoms. The molecule has 2 aromatic heterocycles. The van der Waals surface area contributed by atoms with Crippen LogP contribution in [0.1, 0.15) is 39.1 Å². The fraction of sp³-hybridized carbons (Fsp3) is 0.409. The summed E-state index contributed by atoms with van der Waals surface area (Å²) >= 11 is 1.31. The van der Waals surface area contributed by atoms with Crippen molar-refractivity contribution < 1.29 is 9.53 Å². The van der Waals surface area contributed by atoms with Gasteiger partial charge in [0.2, 0.25) is 0 Å². The molecule has 0 saturated carbocycles. The topological polar surface area (TPSA) is 76.5 Å². The lowest BCUT2D eigenvalue weighted by Crippen LogP contribution is -2.34. The van der Waals surface area contributed by atoms with E-state index in [0.717, 1.165) is 35.5 Å². The van der Waals surface area contributed by atoms with Crippen LogP contribution in [0.25, 0.3) is 10.2 Å². The van der Waals surface area contributed by atoms with Crippen LogP contribution in [0.15, 0.2) is 29.1 Å². The van der Waals surface area contributed by atoms with Gasteiger partial charge < -0.3 is 15.0 Å². The number of fused-ring (bicyclic) bond motifs is 2. The number of ether oxygens (including phenoxy) is 1. The standard InChI is InChI=1S/C22H26N4O3S/c1-13-18-21(24-17-6-5-11-26(17)22(18)28)30-19(13)20(27)23-12-16(25(2)3)14-7-9-15(29-4)10-8-14/h7-10,16H,5-6,11-12H2,1-4H3,(H,23,27). The van der Waals surface area contributed by atoms with Gasteiger partial charge in [-0.05, 0) is 50.7 Å². The summed E-state index contributed by atoms with van der Waals surface area (Å²) in [5.41, 5.74) is 1.79. The summed E-state index contributed by atoms with van der Waals surface area (Å²) < 4.78 is 6.98. The molecule has 1 aromatic carbocycles. The molecule has 30 heavy (non-hydrogen) atoms. The molecular formula is C22H26N4O3S. The number of nitrogens with one attached hydrogen (secondary N) is 1. The fourth-order valence-electron chi connectivity index (χ4n) is 3.99. The van der Waals surface area contributed by atoms with E-state index >= 15 is 0 Å². The van der Waals surface area contributed by atoms with E-state index in [-0.39, 0.29) is 17.5 Å². The summed E-state index contributed by atoms with van der Waals surface area (Å²) in [6.45, 7) is 3.00. The highest BCUT2D eigenvalue weighted by Crippen LogP contribution is 2.29. The third-order valence-electron chi connectivity index (χ3n) is 5.70. The molecule has 1 atom stereocenters. The molecular weight excluding hydrogens is 400 g/mol. The van der Waals surface area contributed by atoms with E-state index in [1.54, 1.807) is 11.7 Å². The molecule has 3 aromatic rings. The Hall–Kier alpha value is -2.71. The van der Waals surface area contributed by atoms with Crippen molar-refractivity contribution in [3.05, 3.63) is 56.4 Å². The smallest absolute Gasteiger partial charge is 0.262 e. The van der Waals surface area contributed by atoms with Crippen molar-refractivity contribution in [2.75, 3.05) is 27.7 Å². The number of carbonyl (C=O) groups is 1. The zero-order chi connectivity index (χ0) is 21.4. The Morgan fingerprint density at radius 1 is 1.33 bits per heavy atom. The van der Waals surface area contributed by atoms with Crippen molar-refractivity contribution in [2.24, 2.45) is 0 Å². The molecule has 8 heteroatoms. The van der Waals surface area contributed by atoms with Gasteiger partial charge in [0.25, 0.3) is 11.5 Å². The number of aromatic nitrogens is 2. The molecule has 0 radical (unpaired) electrons. The maximum absolute atomic E-state index is 13.0. The van der Waals surface area contributed by atoms with Crippen LogP contribution in [0.4, 0.5) is 0 Å². The van der Waals surface area contributed by atoms with Gasteiger partial charge in [0.15, 0.2) is 0 Å². The highest BCUT2D eigenvalue weighted by molar-refractivity contribution is 7.20. The van der Waals surface area contributed by atoms with Crippen molar-refractivity contribution in [3.8, 4) is 5.75 Å². The maximum Gasteiger partial charge on any atom is 0.262 e. The molecule has 0 aliphatic carbocycles. The molecule has 3 heterocycles. The average molecular weight is 427 g/mol. The summed E-state index contributed by atoms with van der Waals surface area (Å²) in [6.07, 6.45) is 1.76. The quantitative estimate of drug-likeness (QED) is 0.656. The average Bonchev–Trinajstić information content (AvgIpc) is 3.33. The first-order chi connectivity index (χ1) is 14.4. The van der Waals surface area contributed by atoms with Gasteiger partial charge in [0.1, 0.15) is 16.4 Å². The Labute approximate surface area is 179 Å². The Morgan fingerprint density at radius 2 is 2.07 bits per heavy atom. The predicted molar refractivity (Wildman–Crippen MR) is 119 cm³/mol. The molecule has 7 nitrogen and oxygen atoms in total. The van der Waals surface area contributed by atoms with E-state index < -0.39 is 0 Å². The lowest BCUT2D eigenvalue weighted by molar-refractivity contribution is 0.0945. The number of hydrogen-bond donors (Lipinski definition) is 1. The number of carbonyl (C=O) groups excluding carboxylic acids is 1. The normalized spacial score (nSPS) is 14.2. The van der Waals surface area contributed by atoms with Crippen LogP contribution in [0.5, 0.6) is 5.75 Å². The lowest BCUT2D eigenvalue weighted by atomic mass is 10.1. The van der Waals surface area contributed by atoms with E-state index in [9.17, 15) is 9.59 Å². The summed E-state index contributed by atoms with van der Waals surface area (Å²) in [4.78, 5) is 33.8. The number of hydrogen-bond acceptors (Lipinski definition) is 6. The first-order valence-corrected chi connectivity index (χ1v) is 10.8. The van der Waals surface area contributed by atoms with Gasteiger partial charge in [-0.2, -0.15) is 0 Å². The van der Waals surface area contributed by atoms with Gasteiger partial charge in [0, 0.05) is 19.5 Å². The van der Waals surface area contributed by atoms with Crippen LogP contribution >= 0.6 is 11.3 Å². The number of nitrogens with zero attached hydrogens (tertiary/aromatic N) is 3. The Morgan fingerprint density at radius 3 is 2.73 bits per heavy atom. The van der Waals surface area contributed by atoms with Gasteiger partial charge in [-0.15, -0.1) is 11.3 Å².